The van der Waals surface area contributed by atoms with Crippen molar-refractivity contribution in [2.45, 2.75) is 57.3 Å². The van der Waals surface area contributed by atoms with Gasteiger partial charge in [0.1, 0.15) is 5.75 Å². The van der Waals surface area contributed by atoms with E-state index < -0.39 is 16.0 Å². The number of methoxy groups -OCH3 is 1. The standard InChI is InChI=1S/C28H35NO5S/c1-5-6-8-23-18-27(26-17-22(20(2)3)9-7-10-25(23)26)35(31,32)29-16-15-21-11-13-24(14-12-21)34-19-28(30)33-4/h7,9-14,17-18,20,29H,5-6,8,15-16,19H2,1-4H3. The molecule has 0 unspecified atom stereocenters. The predicted molar refractivity (Wildman–Crippen MR) is 139 cm³/mol. The lowest BCUT2D eigenvalue weighted by Gasteiger charge is -2.09. The van der Waals surface area contributed by atoms with Crippen LogP contribution in [0.5, 0.6) is 5.75 Å². The van der Waals surface area contributed by atoms with Crippen molar-refractivity contribution in [3.05, 3.63) is 71.3 Å². The monoisotopic (exact) mass is 497 g/mol. The molecule has 1 N–H and O–H groups in total. The molecular formula is C28H35NO5S. The smallest absolute Gasteiger partial charge is 0.343 e. The lowest BCUT2D eigenvalue weighted by Crippen LogP contribution is -2.26. The first-order valence-electron chi connectivity index (χ1n) is 12.1. The fraction of sp³-hybridized carbons (Fsp3) is 0.393. The number of benzene rings is 1. The minimum atomic E-state index is -3.69. The molecule has 0 amide bonds. The average molecular weight is 498 g/mol. The molecule has 0 aliphatic heterocycles. The molecule has 0 atom stereocenters. The Hall–Kier alpha value is -2.90. The summed E-state index contributed by atoms with van der Waals surface area (Å²) < 4.78 is 39.4. The molecule has 0 fully saturated rings. The van der Waals surface area contributed by atoms with Gasteiger partial charge >= 0.3 is 5.97 Å². The average Bonchev–Trinajstić information content (AvgIpc) is 3.03. The first-order chi connectivity index (χ1) is 16.7. The second kappa shape index (κ2) is 12.2. The minimum Gasteiger partial charge on any atom is -0.482 e. The van der Waals surface area contributed by atoms with Gasteiger partial charge in [-0.1, -0.05) is 57.5 Å². The van der Waals surface area contributed by atoms with Crippen LogP contribution in [0.2, 0.25) is 0 Å². The van der Waals surface area contributed by atoms with Crippen molar-refractivity contribution in [3.8, 4) is 16.9 Å². The van der Waals surface area contributed by atoms with Crippen molar-refractivity contribution >= 4 is 16.0 Å². The Labute approximate surface area is 209 Å². The predicted octanol–water partition coefficient (Wildman–Crippen LogP) is 5.33. The van der Waals surface area contributed by atoms with E-state index in [1.54, 1.807) is 12.1 Å². The highest BCUT2D eigenvalue weighted by Crippen LogP contribution is 2.37. The molecule has 0 radical (unpaired) electrons. The summed E-state index contributed by atoms with van der Waals surface area (Å²) in [5.41, 5.74) is 4.94. The maximum atomic E-state index is 13.4. The van der Waals surface area contributed by atoms with Crippen LogP contribution in [-0.4, -0.2) is 34.6 Å². The van der Waals surface area contributed by atoms with E-state index in [2.05, 4.69) is 36.3 Å². The SMILES string of the molecule is CCCCc1cc(S(=O)(=O)NCCc2ccc(OCC(=O)OC)cc2)c2cc(C(C)C)cccc1-2. The lowest BCUT2D eigenvalue weighted by molar-refractivity contribution is -0.142. The first kappa shape index (κ1) is 26.7. The van der Waals surface area contributed by atoms with E-state index in [1.165, 1.54) is 7.11 Å². The first-order valence-corrected chi connectivity index (χ1v) is 13.6. The molecule has 0 saturated carbocycles. The van der Waals surface area contributed by atoms with Gasteiger partial charge in [-0.05, 0) is 71.7 Å². The number of ether oxygens (including phenoxy) is 2. The molecular weight excluding hydrogens is 462 g/mol. The van der Waals surface area contributed by atoms with E-state index in [1.807, 2.05) is 36.4 Å². The van der Waals surface area contributed by atoms with Gasteiger partial charge in [-0.2, -0.15) is 0 Å². The Balaban J connectivity index is 1.75. The number of hydrogen-bond acceptors (Lipinski definition) is 5. The largest absolute Gasteiger partial charge is 0.482 e. The number of carbonyl (C=O) groups excluding carboxylic acids is 1. The Kier molecular flexibility index (Phi) is 9.29. The fourth-order valence-electron chi connectivity index (χ4n) is 3.95. The number of unbranched alkanes of at least 4 members (excludes halogenated alkanes) is 1. The topological polar surface area (TPSA) is 81.7 Å². The zero-order valence-electron chi connectivity index (χ0n) is 21.0. The maximum Gasteiger partial charge on any atom is 0.343 e. The maximum absolute atomic E-state index is 13.4. The third-order valence-electron chi connectivity index (χ3n) is 6.04. The van der Waals surface area contributed by atoms with Crippen molar-refractivity contribution in [1.29, 1.82) is 0 Å². The third kappa shape index (κ3) is 7.05. The number of sulfonamides is 1. The molecule has 188 valence electrons. The van der Waals surface area contributed by atoms with E-state index in [-0.39, 0.29) is 13.2 Å². The number of hydrogen-bond donors (Lipinski definition) is 1. The van der Waals surface area contributed by atoms with Gasteiger partial charge in [-0.3, -0.25) is 0 Å². The summed E-state index contributed by atoms with van der Waals surface area (Å²) in [6.07, 6.45) is 3.45. The van der Waals surface area contributed by atoms with Crippen molar-refractivity contribution in [3.63, 3.8) is 0 Å². The molecule has 3 rings (SSSR count). The fourth-order valence-corrected chi connectivity index (χ4v) is 5.23. The molecule has 0 saturated heterocycles. The van der Waals surface area contributed by atoms with Crippen molar-refractivity contribution < 1.29 is 22.7 Å². The van der Waals surface area contributed by atoms with E-state index in [0.29, 0.717) is 23.0 Å². The van der Waals surface area contributed by atoms with Gasteiger partial charge in [0.05, 0.1) is 12.0 Å². The highest BCUT2D eigenvalue weighted by molar-refractivity contribution is 7.89. The molecule has 0 spiro atoms. The van der Waals surface area contributed by atoms with Crippen LogP contribution in [0.3, 0.4) is 0 Å². The summed E-state index contributed by atoms with van der Waals surface area (Å²) in [4.78, 5) is 11.5. The highest BCUT2D eigenvalue weighted by Gasteiger charge is 2.25. The quantitative estimate of drug-likeness (QED) is 0.342. The van der Waals surface area contributed by atoms with Crippen molar-refractivity contribution in [1.82, 2.24) is 4.72 Å². The highest BCUT2D eigenvalue weighted by atomic mass is 32.2. The molecule has 2 aliphatic rings. The number of aryl methyl sites for hydroxylation is 1. The van der Waals surface area contributed by atoms with E-state index >= 15 is 0 Å². The van der Waals surface area contributed by atoms with E-state index in [4.69, 9.17) is 4.74 Å². The van der Waals surface area contributed by atoms with Crippen LogP contribution in [-0.2, 0) is 32.4 Å². The second-order valence-corrected chi connectivity index (χ2v) is 10.7. The molecule has 7 heteroatoms. The molecule has 0 heterocycles. The van der Waals surface area contributed by atoms with Gasteiger partial charge < -0.3 is 9.47 Å². The number of carbonyl (C=O) groups is 1. The summed E-state index contributed by atoms with van der Waals surface area (Å²) >= 11 is 0. The number of fused-ring (bicyclic) bond motifs is 1. The van der Waals surface area contributed by atoms with Crippen LogP contribution in [0.25, 0.3) is 11.1 Å². The van der Waals surface area contributed by atoms with Crippen LogP contribution in [0.15, 0.2) is 59.5 Å². The van der Waals surface area contributed by atoms with Gasteiger partial charge in [0, 0.05) is 12.1 Å². The molecule has 2 aliphatic carbocycles. The van der Waals surface area contributed by atoms with Crippen LogP contribution in [0.4, 0.5) is 0 Å². The van der Waals surface area contributed by atoms with Crippen LogP contribution < -0.4 is 9.46 Å². The Bertz CT molecular complexity index is 1200. The minimum absolute atomic E-state index is 0.153. The Morgan fingerprint density at radius 1 is 1.00 bits per heavy atom. The number of nitrogens with one attached hydrogen (secondary N) is 1. The van der Waals surface area contributed by atoms with Crippen LogP contribution >= 0.6 is 0 Å². The summed E-state index contributed by atoms with van der Waals surface area (Å²) in [5, 5.41) is 0. The number of rotatable bonds is 12. The summed E-state index contributed by atoms with van der Waals surface area (Å²) in [6.45, 7) is 6.48. The van der Waals surface area contributed by atoms with Gasteiger partial charge in [-0.15, -0.1) is 0 Å². The molecule has 1 aromatic rings. The Morgan fingerprint density at radius 3 is 2.40 bits per heavy atom. The normalized spacial score (nSPS) is 11.7. The van der Waals surface area contributed by atoms with Gasteiger partial charge in [-0.25, -0.2) is 17.9 Å². The summed E-state index contributed by atoms with van der Waals surface area (Å²) in [6, 6.07) is 17.2. The van der Waals surface area contributed by atoms with Crippen LogP contribution in [0.1, 0.15) is 56.2 Å². The molecule has 0 bridgehead atoms. The number of esters is 1. The molecule has 35 heavy (non-hydrogen) atoms. The van der Waals surface area contributed by atoms with Crippen molar-refractivity contribution in [2.75, 3.05) is 20.3 Å². The lowest BCUT2D eigenvalue weighted by atomic mass is 10.0. The molecule has 6 nitrogen and oxygen atoms in total. The van der Waals surface area contributed by atoms with Gasteiger partial charge in [0.25, 0.3) is 0 Å². The Morgan fingerprint density at radius 2 is 1.74 bits per heavy atom. The molecule has 0 aromatic heterocycles. The summed E-state index contributed by atoms with van der Waals surface area (Å²) in [7, 11) is -2.38. The zero-order valence-corrected chi connectivity index (χ0v) is 21.8. The molecule has 1 aromatic carbocycles. The third-order valence-corrected chi connectivity index (χ3v) is 7.54. The van der Waals surface area contributed by atoms with E-state index in [9.17, 15) is 13.2 Å². The van der Waals surface area contributed by atoms with Crippen LogP contribution in [0, 0.1) is 0 Å². The second-order valence-electron chi connectivity index (χ2n) is 8.95. The van der Waals surface area contributed by atoms with Gasteiger partial charge in [0.15, 0.2) is 6.61 Å². The van der Waals surface area contributed by atoms with Gasteiger partial charge in [0.2, 0.25) is 10.0 Å². The zero-order chi connectivity index (χ0) is 25.4. The summed E-state index contributed by atoms with van der Waals surface area (Å²) in [5.74, 6) is 0.398. The van der Waals surface area contributed by atoms with Crippen molar-refractivity contribution in [2.24, 2.45) is 0 Å². The van der Waals surface area contributed by atoms with E-state index in [0.717, 1.165) is 47.1 Å².